The van der Waals surface area contributed by atoms with Gasteiger partial charge in [0.2, 0.25) is 5.91 Å². The summed E-state index contributed by atoms with van der Waals surface area (Å²) in [5.41, 5.74) is 1.61. The normalized spacial score (nSPS) is 11.3. The van der Waals surface area contributed by atoms with Crippen LogP contribution in [-0.2, 0) is 11.3 Å². The number of nitrogens with zero attached hydrogens (tertiary/aromatic N) is 2. The number of rotatable bonds is 7. The number of thiophene rings is 1. The number of hydrogen-bond acceptors (Lipinski definition) is 5. The molecule has 0 atom stereocenters. The van der Waals surface area contributed by atoms with E-state index in [1.54, 1.807) is 12.1 Å². The lowest BCUT2D eigenvalue weighted by Gasteiger charge is -2.18. The molecule has 8 heteroatoms. The minimum atomic E-state index is -0.171. The van der Waals surface area contributed by atoms with Gasteiger partial charge in [-0.25, -0.2) is 4.98 Å². The van der Waals surface area contributed by atoms with Gasteiger partial charge >= 0.3 is 0 Å². The minimum Gasteiger partial charge on any atom is -0.355 e. The van der Waals surface area contributed by atoms with Gasteiger partial charge in [0, 0.05) is 22.5 Å². The van der Waals surface area contributed by atoms with E-state index in [1.165, 1.54) is 11.3 Å². The third kappa shape index (κ3) is 4.55. The fourth-order valence-corrected chi connectivity index (χ4v) is 3.95. The van der Waals surface area contributed by atoms with Crippen molar-refractivity contribution in [3.8, 4) is 11.1 Å². The Balaban J connectivity index is 1.88. The largest absolute Gasteiger partial charge is 0.355 e. The highest BCUT2D eigenvalue weighted by atomic mass is 35.5. The molecular formula is C19H21ClN4O2S. The second-order valence-corrected chi connectivity index (χ2v) is 7.40. The number of H-pyrrole nitrogens is 1. The second kappa shape index (κ2) is 8.65. The first-order valence-corrected chi connectivity index (χ1v) is 10.0. The van der Waals surface area contributed by atoms with E-state index >= 15 is 0 Å². The van der Waals surface area contributed by atoms with Crippen LogP contribution in [0.2, 0.25) is 5.02 Å². The molecule has 0 fully saturated rings. The molecule has 2 aromatic heterocycles. The zero-order valence-electron chi connectivity index (χ0n) is 15.2. The highest BCUT2D eigenvalue weighted by Gasteiger charge is 2.15. The summed E-state index contributed by atoms with van der Waals surface area (Å²) in [5, 5.41) is 5.95. The molecule has 0 unspecified atom stereocenters. The molecule has 142 valence electrons. The van der Waals surface area contributed by atoms with Crippen LogP contribution in [0.3, 0.4) is 0 Å². The third-order valence-corrected chi connectivity index (χ3v) is 5.33. The lowest BCUT2D eigenvalue weighted by atomic mass is 10.1. The summed E-state index contributed by atoms with van der Waals surface area (Å²) in [5.74, 6) is 0.520. The van der Waals surface area contributed by atoms with Crippen LogP contribution < -0.4 is 10.9 Å². The predicted octanol–water partition coefficient (Wildman–Crippen LogP) is 3.26. The fourth-order valence-electron chi connectivity index (χ4n) is 2.86. The average molecular weight is 405 g/mol. The smallest absolute Gasteiger partial charge is 0.260 e. The van der Waals surface area contributed by atoms with Crippen LogP contribution in [0.1, 0.15) is 19.7 Å². The number of nitrogens with one attached hydrogen (secondary N) is 2. The first-order chi connectivity index (χ1) is 13.0. The number of likely N-dealkylation sites (N-methyl/N-ethyl adjacent to an activating group) is 2. The first-order valence-electron chi connectivity index (χ1n) is 8.77. The Morgan fingerprint density at radius 3 is 2.70 bits per heavy atom. The van der Waals surface area contributed by atoms with E-state index in [0.29, 0.717) is 40.7 Å². The van der Waals surface area contributed by atoms with Crippen molar-refractivity contribution in [1.82, 2.24) is 20.2 Å². The number of benzene rings is 1. The van der Waals surface area contributed by atoms with E-state index in [4.69, 9.17) is 11.6 Å². The van der Waals surface area contributed by atoms with Gasteiger partial charge in [0.25, 0.3) is 5.56 Å². The zero-order valence-corrected chi connectivity index (χ0v) is 16.8. The van der Waals surface area contributed by atoms with E-state index < -0.39 is 0 Å². The van der Waals surface area contributed by atoms with E-state index in [0.717, 1.165) is 11.1 Å². The van der Waals surface area contributed by atoms with Gasteiger partial charge in [-0.05, 0) is 31.2 Å². The van der Waals surface area contributed by atoms with E-state index in [2.05, 4.69) is 15.3 Å². The van der Waals surface area contributed by atoms with Gasteiger partial charge in [0.05, 0.1) is 18.5 Å². The number of carbonyl (C=O) groups excluding carboxylic acids is 1. The van der Waals surface area contributed by atoms with Crippen molar-refractivity contribution in [2.24, 2.45) is 0 Å². The summed E-state index contributed by atoms with van der Waals surface area (Å²) in [6, 6.07) is 7.39. The predicted molar refractivity (Wildman–Crippen MR) is 110 cm³/mol. The van der Waals surface area contributed by atoms with Gasteiger partial charge < -0.3 is 10.3 Å². The van der Waals surface area contributed by atoms with Crippen molar-refractivity contribution in [2.75, 3.05) is 19.6 Å². The summed E-state index contributed by atoms with van der Waals surface area (Å²) in [6.45, 7) is 5.81. The van der Waals surface area contributed by atoms with Crippen molar-refractivity contribution >= 4 is 39.1 Å². The molecular weight excluding hydrogens is 384 g/mol. The quantitative estimate of drug-likeness (QED) is 0.633. The number of fused-ring (bicyclic) bond motifs is 1. The molecule has 0 bridgehead atoms. The first kappa shape index (κ1) is 19.5. The van der Waals surface area contributed by atoms with Crippen LogP contribution >= 0.6 is 22.9 Å². The van der Waals surface area contributed by atoms with Crippen molar-refractivity contribution in [1.29, 1.82) is 0 Å². The van der Waals surface area contributed by atoms with Gasteiger partial charge in [0.1, 0.15) is 10.7 Å². The molecule has 27 heavy (non-hydrogen) atoms. The zero-order chi connectivity index (χ0) is 19.4. The van der Waals surface area contributed by atoms with Crippen LogP contribution in [0.15, 0.2) is 34.4 Å². The van der Waals surface area contributed by atoms with Crippen LogP contribution in [0.4, 0.5) is 0 Å². The number of hydrogen-bond donors (Lipinski definition) is 2. The molecule has 1 amide bonds. The standard InChI is InChI=1S/C19H21ClN4O2S/c1-3-21-16(25)10-24(4-2)9-15-22-18(26)17-14(11-27-19(17)23-15)12-5-7-13(20)8-6-12/h5-8,11H,3-4,9-10H2,1-2H3,(H,21,25)(H,22,23,26). The number of amides is 1. The molecule has 2 N–H and O–H groups in total. The molecule has 3 aromatic rings. The molecule has 0 saturated heterocycles. The van der Waals surface area contributed by atoms with Gasteiger partial charge in [-0.3, -0.25) is 14.5 Å². The Morgan fingerprint density at radius 1 is 1.30 bits per heavy atom. The molecule has 3 rings (SSSR count). The van der Waals surface area contributed by atoms with Crippen LogP contribution in [0.5, 0.6) is 0 Å². The Hall–Kier alpha value is -2.22. The molecule has 6 nitrogen and oxygen atoms in total. The SMILES string of the molecule is CCNC(=O)CN(CC)Cc1nc2scc(-c3ccc(Cl)cc3)c2c(=O)[nH]1. The molecule has 0 aliphatic rings. The third-order valence-electron chi connectivity index (χ3n) is 4.21. The molecule has 0 saturated carbocycles. The molecule has 0 spiro atoms. The lowest BCUT2D eigenvalue weighted by molar-refractivity contribution is -0.122. The molecule has 0 aliphatic heterocycles. The maximum absolute atomic E-state index is 12.7. The summed E-state index contributed by atoms with van der Waals surface area (Å²) < 4.78 is 0. The molecule has 2 heterocycles. The number of aromatic amines is 1. The lowest BCUT2D eigenvalue weighted by Crippen LogP contribution is -2.37. The Labute approximate surface area is 166 Å². The van der Waals surface area contributed by atoms with Crippen LogP contribution in [0.25, 0.3) is 21.3 Å². The molecule has 1 aromatic carbocycles. The van der Waals surface area contributed by atoms with E-state index in [-0.39, 0.29) is 18.0 Å². The van der Waals surface area contributed by atoms with Crippen molar-refractivity contribution in [3.05, 3.63) is 50.8 Å². The molecule has 0 aliphatic carbocycles. The summed E-state index contributed by atoms with van der Waals surface area (Å²) >= 11 is 7.39. The fraction of sp³-hybridized carbons (Fsp3) is 0.316. The Bertz CT molecular complexity index is 997. The van der Waals surface area contributed by atoms with Gasteiger partial charge in [-0.1, -0.05) is 30.7 Å². The maximum atomic E-state index is 12.7. The topological polar surface area (TPSA) is 78.1 Å². The Kier molecular flexibility index (Phi) is 6.26. The summed E-state index contributed by atoms with van der Waals surface area (Å²) in [6.07, 6.45) is 0. The van der Waals surface area contributed by atoms with Gasteiger partial charge in [0.15, 0.2) is 0 Å². The van der Waals surface area contributed by atoms with E-state index in [9.17, 15) is 9.59 Å². The number of halogens is 1. The average Bonchev–Trinajstić information content (AvgIpc) is 3.06. The monoisotopic (exact) mass is 404 g/mol. The highest BCUT2D eigenvalue weighted by molar-refractivity contribution is 7.17. The van der Waals surface area contributed by atoms with Gasteiger partial charge in [-0.2, -0.15) is 0 Å². The highest BCUT2D eigenvalue weighted by Crippen LogP contribution is 2.31. The van der Waals surface area contributed by atoms with Gasteiger partial charge in [-0.15, -0.1) is 11.3 Å². The van der Waals surface area contributed by atoms with E-state index in [1.807, 2.05) is 36.3 Å². The van der Waals surface area contributed by atoms with Crippen molar-refractivity contribution in [2.45, 2.75) is 20.4 Å². The van der Waals surface area contributed by atoms with Crippen molar-refractivity contribution in [3.63, 3.8) is 0 Å². The minimum absolute atomic E-state index is 0.0380. The molecule has 0 radical (unpaired) electrons. The second-order valence-electron chi connectivity index (χ2n) is 6.11. The maximum Gasteiger partial charge on any atom is 0.260 e. The number of carbonyl (C=O) groups is 1. The van der Waals surface area contributed by atoms with Crippen LogP contribution in [0, 0.1) is 0 Å². The van der Waals surface area contributed by atoms with Crippen LogP contribution in [-0.4, -0.2) is 40.4 Å². The number of aromatic nitrogens is 2. The summed E-state index contributed by atoms with van der Waals surface area (Å²) in [7, 11) is 0. The summed E-state index contributed by atoms with van der Waals surface area (Å²) in [4.78, 5) is 34.6. The van der Waals surface area contributed by atoms with Crippen molar-refractivity contribution < 1.29 is 4.79 Å². The Morgan fingerprint density at radius 2 is 2.04 bits per heavy atom.